The SMILES string of the molecule is O=C1OC2(CCCC2)OC(=O)C1=Cc1ccc2c(c1)OCO2. The quantitative estimate of drug-likeness (QED) is 0.450. The molecule has 1 aromatic rings. The summed E-state index contributed by atoms with van der Waals surface area (Å²) < 4.78 is 21.2. The van der Waals surface area contributed by atoms with E-state index in [0.717, 1.165) is 12.8 Å². The number of hydrogen-bond donors (Lipinski definition) is 0. The number of carbonyl (C=O) groups is 2. The lowest BCUT2D eigenvalue weighted by molar-refractivity contribution is -0.232. The largest absolute Gasteiger partial charge is 0.454 e. The van der Waals surface area contributed by atoms with Crippen LogP contribution in [-0.4, -0.2) is 24.5 Å². The molecule has 0 N–H and O–H groups in total. The highest BCUT2D eigenvalue weighted by atomic mass is 16.7. The lowest BCUT2D eigenvalue weighted by Gasteiger charge is -2.32. The van der Waals surface area contributed by atoms with Crippen molar-refractivity contribution in [2.75, 3.05) is 6.79 Å². The average Bonchev–Trinajstić information content (AvgIpc) is 3.12. The third-order valence-electron chi connectivity index (χ3n) is 4.07. The fourth-order valence-corrected chi connectivity index (χ4v) is 2.96. The number of carbonyl (C=O) groups excluding carboxylic acids is 2. The Kier molecular flexibility index (Phi) is 2.85. The number of ether oxygens (including phenoxy) is 4. The molecule has 6 nitrogen and oxygen atoms in total. The number of rotatable bonds is 1. The molecule has 4 rings (SSSR count). The Morgan fingerprint density at radius 1 is 0.955 bits per heavy atom. The maximum absolute atomic E-state index is 12.2. The molecule has 6 heteroatoms. The van der Waals surface area contributed by atoms with Crippen molar-refractivity contribution in [1.82, 2.24) is 0 Å². The van der Waals surface area contributed by atoms with Crippen LogP contribution in [0.25, 0.3) is 6.08 Å². The smallest absolute Gasteiger partial charge is 0.348 e. The zero-order chi connectivity index (χ0) is 15.2. The van der Waals surface area contributed by atoms with Crippen molar-refractivity contribution >= 4 is 18.0 Å². The molecule has 22 heavy (non-hydrogen) atoms. The van der Waals surface area contributed by atoms with E-state index in [1.165, 1.54) is 6.08 Å². The Balaban J connectivity index is 1.62. The van der Waals surface area contributed by atoms with Gasteiger partial charge in [0.2, 0.25) is 6.79 Å². The van der Waals surface area contributed by atoms with Crippen LogP contribution in [0.2, 0.25) is 0 Å². The third kappa shape index (κ3) is 2.11. The molecule has 1 saturated heterocycles. The van der Waals surface area contributed by atoms with Gasteiger partial charge in [0.05, 0.1) is 0 Å². The molecule has 3 aliphatic rings. The van der Waals surface area contributed by atoms with Gasteiger partial charge >= 0.3 is 11.9 Å². The van der Waals surface area contributed by atoms with Crippen molar-refractivity contribution < 1.29 is 28.5 Å². The maximum Gasteiger partial charge on any atom is 0.348 e. The van der Waals surface area contributed by atoms with Crippen molar-refractivity contribution in [1.29, 1.82) is 0 Å². The Hall–Kier alpha value is -2.50. The first-order valence-electron chi connectivity index (χ1n) is 7.23. The first-order valence-corrected chi connectivity index (χ1v) is 7.23. The predicted octanol–water partition coefficient (Wildman–Crippen LogP) is 2.17. The van der Waals surface area contributed by atoms with E-state index in [1.54, 1.807) is 18.2 Å². The fourth-order valence-electron chi connectivity index (χ4n) is 2.96. The molecule has 2 fully saturated rings. The monoisotopic (exact) mass is 302 g/mol. The number of esters is 2. The van der Waals surface area contributed by atoms with Gasteiger partial charge in [-0.15, -0.1) is 0 Å². The van der Waals surface area contributed by atoms with Crippen molar-refractivity contribution in [3.05, 3.63) is 29.3 Å². The summed E-state index contributed by atoms with van der Waals surface area (Å²) in [5.41, 5.74) is 0.548. The summed E-state index contributed by atoms with van der Waals surface area (Å²) in [5, 5.41) is 0. The van der Waals surface area contributed by atoms with E-state index < -0.39 is 17.7 Å². The van der Waals surface area contributed by atoms with Crippen molar-refractivity contribution in [3.63, 3.8) is 0 Å². The molecule has 1 aromatic carbocycles. The summed E-state index contributed by atoms with van der Waals surface area (Å²) in [6.07, 6.45) is 4.38. The van der Waals surface area contributed by atoms with Crippen molar-refractivity contribution in [2.45, 2.75) is 31.5 Å². The van der Waals surface area contributed by atoms with E-state index in [4.69, 9.17) is 18.9 Å². The molecule has 114 valence electrons. The van der Waals surface area contributed by atoms with Crippen LogP contribution in [0.4, 0.5) is 0 Å². The second kappa shape index (κ2) is 4.76. The van der Waals surface area contributed by atoms with Crippen molar-refractivity contribution in [3.8, 4) is 11.5 Å². The molecule has 1 aliphatic carbocycles. The highest BCUT2D eigenvalue weighted by molar-refractivity contribution is 6.18. The van der Waals surface area contributed by atoms with E-state index in [0.29, 0.717) is 29.9 Å². The van der Waals surface area contributed by atoms with Gasteiger partial charge in [-0.1, -0.05) is 6.07 Å². The molecule has 0 radical (unpaired) electrons. The van der Waals surface area contributed by atoms with Crippen LogP contribution >= 0.6 is 0 Å². The summed E-state index contributed by atoms with van der Waals surface area (Å²) >= 11 is 0. The summed E-state index contributed by atoms with van der Waals surface area (Å²) in [4.78, 5) is 24.3. The predicted molar refractivity (Wildman–Crippen MR) is 73.9 cm³/mol. The number of fused-ring (bicyclic) bond motifs is 1. The van der Waals surface area contributed by atoms with Gasteiger partial charge in [-0.2, -0.15) is 0 Å². The third-order valence-corrected chi connectivity index (χ3v) is 4.07. The van der Waals surface area contributed by atoms with Crippen LogP contribution in [0.1, 0.15) is 31.2 Å². The molecule has 2 aliphatic heterocycles. The van der Waals surface area contributed by atoms with Gasteiger partial charge in [-0.3, -0.25) is 0 Å². The minimum absolute atomic E-state index is 0.101. The van der Waals surface area contributed by atoms with Gasteiger partial charge in [-0.25, -0.2) is 9.59 Å². The van der Waals surface area contributed by atoms with Crippen LogP contribution in [0.15, 0.2) is 23.8 Å². The van der Waals surface area contributed by atoms with E-state index in [2.05, 4.69) is 0 Å². The van der Waals surface area contributed by atoms with Crippen LogP contribution < -0.4 is 9.47 Å². The molecule has 0 unspecified atom stereocenters. The van der Waals surface area contributed by atoms with E-state index in [1.807, 2.05) is 0 Å². The van der Waals surface area contributed by atoms with E-state index in [9.17, 15) is 9.59 Å². The van der Waals surface area contributed by atoms with Crippen LogP contribution in [0.3, 0.4) is 0 Å². The topological polar surface area (TPSA) is 71.1 Å². The number of benzene rings is 1. The lowest BCUT2D eigenvalue weighted by atomic mass is 10.1. The van der Waals surface area contributed by atoms with Gasteiger partial charge in [-0.05, 0) is 36.6 Å². The lowest BCUT2D eigenvalue weighted by Crippen LogP contribution is -2.44. The van der Waals surface area contributed by atoms with Gasteiger partial charge in [0.1, 0.15) is 5.57 Å². The first kappa shape index (κ1) is 13.2. The molecule has 0 bridgehead atoms. The Morgan fingerprint density at radius 3 is 2.36 bits per heavy atom. The molecule has 0 atom stereocenters. The van der Waals surface area contributed by atoms with Crippen molar-refractivity contribution in [2.24, 2.45) is 0 Å². The highest BCUT2D eigenvalue weighted by Gasteiger charge is 2.47. The molecule has 1 saturated carbocycles. The summed E-state index contributed by atoms with van der Waals surface area (Å²) in [7, 11) is 0. The molecular formula is C16H14O6. The molecular weight excluding hydrogens is 288 g/mol. The first-order chi connectivity index (χ1) is 10.7. The maximum atomic E-state index is 12.2. The second-order valence-corrected chi connectivity index (χ2v) is 5.57. The summed E-state index contributed by atoms with van der Waals surface area (Å²) in [6, 6.07) is 5.17. The minimum atomic E-state index is -1.04. The Labute approximate surface area is 126 Å². The second-order valence-electron chi connectivity index (χ2n) is 5.57. The van der Waals surface area contributed by atoms with Gasteiger partial charge in [0.25, 0.3) is 5.79 Å². The Morgan fingerprint density at radius 2 is 1.64 bits per heavy atom. The summed E-state index contributed by atoms with van der Waals surface area (Å²) in [6.45, 7) is 0.169. The molecule has 0 amide bonds. The minimum Gasteiger partial charge on any atom is -0.454 e. The highest BCUT2D eigenvalue weighted by Crippen LogP contribution is 2.39. The number of hydrogen-bond acceptors (Lipinski definition) is 6. The van der Waals surface area contributed by atoms with Crippen LogP contribution in [0, 0.1) is 0 Å². The van der Waals surface area contributed by atoms with Gasteiger partial charge < -0.3 is 18.9 Å². The van der Waals surface area contributed by atoms with Crippen LogP contribution in [0.5, 0.6) is 11.5 Å². The average molecular weight is 302 g/mol. The van der Waals surface area contributed by atoms with E-state index in [-0.39, 0.29) is 12.4 Å². The Bertz CT molecular complexity index is 662. The van der Waals surface area contributed by atoms with E-state index >= 15 is 0 Å². The van der Waals surface area contributed by atoms with Gasteiger partial charge in [0, 0.05) is 12.8 Å². The molecule has 2 heterocycles. The zero-order valence-electron chi connectivity index (χ0n) is 11.8. The normalized spacial score (nSPS) is 21.7. The standard InChI is InChI=1S/C16H14O6/c17-14-11(15(18)22-16(21-14)5-1-2-6-16)7-10-3-4-12-13(8-10)20-9-19-12/h3-4,7-8H,1-2,5-6,9H2. The summed E-state index contributed by atoms with van der Waals surface area (Å²) in [5.74, 6) is -1.08. The van der Waals surface area contributed by atoms with Crippen LogP contribution in [-0.2, 0) is 19.1 Å². The molecule has 0 aromatic heterocycles. The van der Waals surface area contributed by atoms with Gasteiger partial charge in [0.15, 0.2) is 11.5 Å². The zero-order valence-corrected chi connectivity index (χ0v) is 11.8. The molecule has 1 spiro atoms. The fraction of sp³-hybridized carbons (Fsp3) is 0.375.